The Morgan fingerprint density at radius 2 is 1.83 bits per heavy atom. The van der Waals surface area contributed by atoms with Gasteiger partial charge in [-0.3, -0.25) is 29.2 Å². The largest absolute Gasteiger partial charge is 0.457 e. The van der Waals surface area contributed by atoms with E-state index in [-0.39, 0.29) is 17.4 Å². The van der Waals surface area contributed by atoms with Crippen molar-refractivity contribution in [2.24, 2.45) is 0 Å². The number of carbonyl (C=O) groups excluding carboxylic acids is 4. The first-order chi connectivity index (χ1) is 22.5. The van der Waals surface area contributed by atoms with Gasteiger partial charge >= 0.3 is 5.97 Å². The number of ether oxygens (including phenoxy) is 1. The molecule has 0 bridgehead atoms. The first kappa shape index (κ1) is 38.6. The molecule has 1 aromatic heterocycles. The van der Waals surface area contributed by atoms with Crippen LogP contribution in [-0.4, -0.2) is 72.8 Å². The topological polar surface area (TPSA) is 139 Å². The molecule has 11 nitrogen and oxygen atoms in total. The number of hydrogen-bond acceptors (Lipinski definition) is 8. The Kier molecular flexibility index (Phi) is 13.3. The van der Waals surface area contributed by atoms with Crippen LogP contribution in [0.15, 0.2) is 49.2 Å². The third-order valence-corrected chi connectivity index (χ3v) is 13.7. The van der Waals surface area contributed by atoms with Crippen molar-refractivity contribution in [2.45, 2.75) is 116 Å². The number of rotatable bonds is 13. The van der Waals surface area contributed by atoms with E-state index in [0.717, 1.165) is 22.0 Å². The lowest BCUT2D eigenvalue weighted by Gasteiger charge is -2.40. The molecule has 1 saturated heterocycles. The Morgan fingerprint density at radius 3 is 2.48 bits per heavy atom. The van der Waals surface area contributed by atoms with Crippen molar-refractivity contribution in [3.8, 4) is 0 Å². The van der Waals surface area contributed by atoms with Crippen molar-refractivity contribution in [3.05, 3.63) is 60.5 Å². The fraction of sp³-hybridized carbons (Fsp3) is 0.528. The Morgan fingerprint density at radius 1 is 1.12 bits per heavy atom. The van der Waals surface area contributed by atoms with E-state index in [4.69, 9.17) is 9.16 Å². The number of allylic oxidation sites excluding steroid dienone is 1. The Labute approximate surface area is 286 Å². The number of nitrogens with one attached hydrogen (secondary N) is 3. The zero-order valence-corrected chi connectivity index (χ0v) is 30.9. The summed E-state index contributed by atoms with van der Waals surface area (Å²) in [7, 11) is -2.29. The summed E-state index contributed by atoms with van der Waals surface area (Å²) in [5.41, 5.74) is 4.59. The molecule has 0 saturated carbocycles. The number of amides is 3. The van der Waals surface area contributed by atoms with Gasteiger partial charge in [0.2, 0.25) is 11.8 Å². The molecule has 1 aromatic carbocycles. The predicted octanol–water partition coefficient (Wildman–Crippen LogP) is 5.34. The van der Waals surface area contributed by atoms with Crippen LogP contribution < -0.4 is 16.1 Å². The Hall–Kier alpha value is -3.87. The molecule has 262 valence electrons. The van der Waals surface area contributed by atoms with Gasteiger partial charge in [0.15, 0.2) is 8.32 Å². The molecule has 1 aliphatic heterocycles. The molecule has 12 heteroatoms. The molecule has 0 unspecified atom stereocenters. The van der Waals surface area contributed by atoms with Gasteiger partial charge in [-0.25, -0.2) is 5.43 Å². The van der Waals surface area contributed by atoms with Crippen molar-refractivity contribution in [2.75, 3.05) is 6.54 Å². The number of hydrogen-bond donors (Lipinski definition) is 3. The molecule has 5 atom stereocenters. The first-order valence-electron chi connectivity index (χ1n) is 16.7. The van der Waals surface area contributed by atoms with Crippen molar-refractivity contribution in [1.82, 2.24) is 26.1 Å². The third-order valence-electron chi connectivity index (χ3n) is 9.10. The van der Waals surface area contributed by atoms with Crippen LogP contribution in [0.1, 0.15) is 85.1 Å². The van der Waals surface area contributed by atoms with Crippen LogP contribution in [-0.2, 0) is 28.3 Å². The van der Waals surface area contributed by atoms with Gasteiger partial charge in [-0.2, -0.15) is 0 Å². The summed E-state index contributed by atoms with van der Waals surface area (Å²) in [5, 5.41) is 8.75. The highest BCUT2D eigenvalue weighted by Gasteiger charge is 2.42. The molecule has 0 aliphatic carbocycles. The fourth-order valence-electron chi connectivity index (χ4n) is 5.14. The van der Waals surface area contributed by atoms with Crippen LogP contribution in [0.3, 0.4) is 0 Å². The molecule has 3 amide bonds. The number of pyridine rings is 1. The van der Waals surface area contributed by atoms with Gasteiger partial charge in [-0.05, 0) is 87.8 Å². The second kappa shape index (κ2) is 16.5. The van der Waals surface area contributed by atoms with Gasteiger partial charge in [0.25, 0.3) is 5.91 Å². The average Bonchev–Trinajstić information content (AvgIpc) is 3.04. The zero-order chi connectivity index (χ0) is 35.8. The average molecular weight is 680 g/mol. The van der Waals surface area contributed by atoms with E-state index in [2.05, 4.69) is 61.5 Å². The minimum Gasteiger partial charge on any atom is -0.457 e. The smallest absolute Gasteiger partial charge is 0.325 e. The minimum atomic E-state index is -2.29. The Bertz CT molecular complexity index is 1520. The molecular formula is C36H53N5O6Si. The van der Waals surface area contributed by atoms with E-state index < -0.39 is 56.4 Å². The third kappa shape index (κ3) is 10.1. The van der Waals surface area contributed by atoms with Crippen LogP contribution in [0.5, 0.6) is 0 Å². The van der Waals surface area contributed by atoms with E-state index >= 15 is 0 Å². The number of esters is 1. The highest BCUT2D eigenvalue weighted by molar-refractivity contribution is 6.74. The summed E-state index contributed by atoms with van der Waals surface area (Å²) in [4.78, 5) is 57.3. The second-order valence-corrected chi connectivity index (χ2v) is 18.7. The highest BCUT2D eigenvalue weighted by atomic mass is 28.4. The van der Waals surface area contributed by atoms with Gasteiger partial charge in [-0.15, -0.1) is 0 Å². The summed E-state index contributed by atoms with van der Waals surface area (Å²) in [6.07, 6.45) is 6.94. The van der Waals surface area contributed by atoms with E-state index in [1.165, 1.54) is 5.01 Å². The van der Waals surface area contributed by atoms with Crippen molar-refractivity contribution in [3.63, 3.8) is 0 Å². The summed E-state index contributed by atoms with van der Waals surface area (Å²) in [6.45, 7) is 21.6. The number of hydrazine groups is 1. The fourth-order valence-corrected chi connectivity index (χ4v) is 6.56. The van der Waals surface area contributed by atoms with Crippen molar-refractivity contribution < 1.29 is 28.3 Å². The molecule has 48 heavy (non-hydrogen) atoms. The molecule has 1 aliphatic rings. The minimum absolute atomic E-state index is 0.113. The second-order valence-electron chi connectivity index (χ2n) is 13.9. The maximum Gasteiger partial charge on any atom is 0.325 e. The van der Waals surface area contributed by atoms with Crippen molar-refractivity contribution >= 4 is 48.9 Å². The molecule has 3 N–H and O–H groups in total. The Balaban J connectivity index is 1.65. The van der Waals surface area contributed by atoms with Crippen LogP contribution in [0.25, 0.3) is 16.8 Å². The predicted molar refractivity (Wildman–Crippen MR) is 191 cm³/mol. The molecule has 1 fully saturated rings. The number of carbonyl (C=O) groups is 4. The number of fused-ring (bicyclic) bond motifs is 1. The summed E-state index contributed by atoms with van der Waals surface area (Å²) < 4.78 is 12.3. The maximum absolute atomic E-state index is 13.6. The van der Waals surface area contributed by atoms with Crippen LogP contribution in [0, 0.1) is 0 Å². The van der Waals surface area contributed by atoms with E-state index in [1.807, 2.05) is 38.1 Å². The molecule has 0 spiro atoms. The lowest BCUT2D eigenvalue weighted by molar-refractivity contribution is -0.157. The van der Waals surface area contributed by atoms with Crippen molar-refractivity contribution in [1.29, 1.82) is 0 Å². The molecule has 2 aromatic rings. The monoisotopic (exact) mass is 679 g/mol. The molecule has 0 radical (unpaired) electrons. The molecular weight excluding hydrogens is 627 g/mol. The summed E-state index contributed by atoms with van der Waals surface area (Å²) in [6, 6.07) is 5.03. The van der Waals surface area contributed by atoms with E-state index in [9.17, 15) is 19.2 Å². The number of nitrogens with zero attached hydrogens (tertiary/aromatic N) is 2. The quantitative estimate of drug-likeness (QED) is 0.147. The zero-order valence-electron chi connectivity index (χ0n) is 29.9. The van der Waals surface area contributed by atoms with Gasteiger partial charge in [-0.1, -0.05) is 51.6 Å². The van der Waals surface area contributed by atoms with Gasteiger partial charge < -0.3 is 19.8 Å². The van der Waals surface area contributed by atoms with Gasteiger partial charge in [0.1, 0.15) is 24.2 Å². The lowest BCUT2D eigenvalue weighted by Crippen LogP contribution is -2.62. The summed E-state index contributed by atoms with van der Waals surface area (Å²) >= 11 is 0. The van der Waals surface area contributed by atoms with Gasteiger partial charge in [0.05, 0.1) is 11.8 Å². The lowest BCUT2D eigenvalue weighted by atomic mass is 10.0. The van der Waals surface area contributed by atoms with Gasteiger partial charge in [0, 0.05) is 24.5 Å². The molecule has 3 rings (SSSR count). The maximum atomic E-state index is 13.6. The van der Waals surface area contributed by atoms with Crippen LogP contribution >= 0.6 is 0 Å². The number of aromatic nitrogens is 1. The molecule has 2 heterocycles. The first-order valence-corrected chi connectivity index (χ1v) is 19.6. The normalized spacial score (nSPS) is 18.1. The number of benzene rings is 1. The summed E-state index contributed by atoms with van der Waals surface area (Å²) in [5.74, 6) is -1.73. The van der Waals surface area contributed by atoms with E-state index in [0.29, 0.717) is 19.4 Å². The SMILES string of the molecule is C=Cc1cc2cc([C@@H](C)OC(=O)[C@@H]3CCCN(C(=O)[C@H](C)NC(=O)[C@@H](NC(=O)C/C=C/C)[C@@H](C)O[Si](C)(C)C(C)(C)C)N3)ccc2cn1. The highest BCUT2D eigenvalue weighted by Crippen LogP contribution is 2.37. The van der Waals surface area contributed by atoms with Crippen LogP contribution in [0.2, 0.25) is 18.1 Å². The van der Waals surface area contributed by atoms with E-state index in [1.54, 1.807) is 38.3 Å². The standard InChI is InChI=1S/C36H53N5O6Si/c1-11-13-16-31(42)39-32(25(5)47-48(9,10)36(6,7)8)33(43)38-23(3)34(44)41-19-14-15-30(40-41)35(45)46-24(4)26-17-18-27-22-37-29(12-2)21-28(27)20-26/h11-13,17-18,20-25,30,32,40H,2,14-16,19H2,1,3-10H3,(H,38,43)(H,39,42)/b13-11+/t23-,24+,25+,30-,32-/m0/s1. The van der Waals surface area contributed by atoms with Crippen LogP contribution in [0.4, 0.5) is 0 Å².